The molecule has 4 heterocycles. The van der Waals surface area contributed by atoms with Crippen molar-refractivity contribution in [2.45, 2.75) is 57.2 Å². The number of aliphatic hydroxyl groups is 1. The molecule has 2 aromatic rings. The molecule has 2 aliphatic heterocycles. The number of nitrogens with one attached hydrogen (secondary N) is 2. The normalized spacial score (nSPS) is 19.7. The van der Waals surface area contributed by atoms with Gasteiger partial charge in [0.15, 0.2) is 5.65 Å². The van der Waals surface area contributed by atoms with E-state index in [0.29, 0.717) is 26.1 Å². The standard InChI is InChI=1S/C21H31N5O4/c1-2-26-20-17(13-23-26)19(24-16-3-7-29-8-4-16)15(12-22-20)11-18(28)25-21(14-27)5-9-30-10-6-21/h12-13,16,27H,2-11,14H2,1H3,(H,22,24)(H,25,28). The summed E-state index contributed by atoms with van der Waals surface area (Å²) in [4.78, 5) is 17.5. The fourth-order valence-electron chi connectivity index (χ4n) is 4.25. The molecule has 0 saturated carbocycles. The fourth-order valence-corrected chi connectivity index (χ4v) is 4.25. The Morgan fingerprint density at radius 1 is 1.23 bits per heavy atom. The summed E-state index contributed by atoms with van der Waals surface area (Å²) in [6.45, 7) is 5.23. The third kappa shape index (κ3) is 4.43. The first-order valence-corrected chi connectivity index (χ1v) is 10.8. The van der Waals surface area contributed by atoms with Gasteiger partial charge in [-0.25, -0.2) is 9.67 Å². The Labute approximate surface area is 176 Å². The van der Waals surface area contributed by atoms with E-state index < -0.39 is 5.54 Å². The number of fused-ring (bicyclic) bond motifs is 1. The van der Waals surface area contributed by atoms with Crippen molar-refractivity contribution >= 4 is 22.6 Å². The van der Waals surface area contributed by atoms with Gasteiger partial charge < -0.3 is 25.2 Å². The lowest BCUT2D eigenvalue weighted by molar-refractivity contribution is -0.124. The van der Waals surface area contributed by atoms with Crippen molar-refractivity contribution in [3.63, 3.8) is 0 Å². The zero-order chi connectivity index (χ0) is 21.0. The maximum Gasteiger partial charge on any atom is 0.225 e. The van der Waals surface area contributed by atoms with Gasteiger partial charge in [-0.05, 0) is 32.6 Å². The van der Waals surface area contributed by atoms with Gasteiger partial charge in [0.1, 0.15) is 0 Å². The molecule has 3 N–H and O–H groups in total. The molecule has 0 spiro atoms. The van der Waals surface area contributed by atoms with Gasteiger partial charge in [0, 0.05) is 50.8 Å². The third-order valence-electron chi connectivity index (χ3n) is 6.12. The number of nitrogens with zero attached hydrogens (tertiary/aromatic N) is 3. The minimum atomic E-state index is -0.603. The summed E-state index contributed by atoms with van der Waals surface area (Å²) in [5.41, 5.74) is 1.97. The van der Waals surface area contributed by atoms with Crippen LogP contribution in [0.25, 0.3) is 11.0 Å². The Kier molecular flexibility index (Phi) is 6.50. The van der Waals surface area contributed by atoms with Gasteiger partial charge in [-0.1, -0.05) is 0 Å². The lowest BCUT2D eigenvalue weighted by atomic mass is 9.90. The average Bonchev–Trinajstić information content (AvgIpc) is 3.20. The summed E-state index contributed by atoms with van der Waals surface area (Å²) in [6, 6.07) is 0.287. The van der Waals surface area contributed by atoms with E-state index in [0.717, 1.165) is 54.9 Å². The Hall–Kier alpha value is -2.23. The lowest BCUT2D eigenvalue weighted by Crippen LogP contribution is -2.55. The van der Waals surface area contributed by atoms with Crippen LogP contribution in [0, 0.1) is 0 Å². The van der Waals surface area contributed by atoms with Crippen molar-refractivity contribution in [3.05, 3.63) is 18.0 Å². The van der Waals surface area contributed by atoms with Gasteiger partial charge in [-0.15, -0.1) is 0 Å². The average molecular weight is 418 g/mol. The second-order valence-corrected chi connectivity index (χ2v) is 8.16. The molecule has 2 aromatic heterocycles. The molecule has 9 nitrogen and oxygen atoms in total. The largest absolute Gasteiger partial charge is 0.394 e. The van der Waals surface area contributed by atoms with Gasteiger partial charge in [-0.2, -0.15) is 5.10 Å². The number of aromatic nitrogens is 3. The smallest absolute Gasteiger partial charge is 0.225 e. The number of rotatable bonds is 7. The van der Waals surface area contributed by atoms with E-state index in [1.807, 2.05) is 17.8 Å². The molecule has 2 aliphatic rings. The highest BCUT2D eigenvalue weighted by Crippen LogP contribution is 2.29. The molecule has 0 aromatic carbocycles. The van der Waals surface area contributed by atoms with E-state index in [1.54, 1.807) is 6.20 Å². The number of ether oxygens (including phenoxy) is 2. The molecule has 0 aliphatic carbocycles. The van der Waals surface area contributed by atoms with Crippen LogP contribution in [0.15, 0.2) is 12.4 Å². The van der Waals surface area contributed by atoms with E-state index >= 15 is 0 Å². The maximum absolute atomic E-state index is 12.9. The summed E-state index contributed by atoms with van der Waals surface area (Å²) >= 11 is 0. The summed E-state index contributed by atoms with van der Waals surface area (Å²) in [6.07, 6.45) is 6.85. The first-order valence-electron chi connectivity index (χ1n) is 10.8. The summed E-state index contributed by atoms with van der Waals surface area (Å²) < 4.78 is 12.7. The molecular formula is C21H31N5O4. The number of pyridine rings is 1. The molecule has 0 atom stereocenters. The van der Waals surface area contributed by atoms with Crippen LogP contribution in [0.5, 0.6) is 0 Å². The van der Waals surface area contributed by atoms with Crippen LogP contribution in [0.2, 0.25) is 0 Å². The Morgan fingerprint density at radius 2 is 1.97 bits per heavy atom. The molecule has 30 heavy (non-hydrogen) atoms. The molecule has 0 bridgehead atoms. The van der Waals surface area contributed by atoms with Gasteiger partial charge in [0.05, 0.1) is 35.8 Å². The molecular weight excluding hydrogens is 386 g/mol. The fraction of sp³-hybridized carbons (Fsp3) is 0.667. The summed E-state index contributed by atoms with van der Waals surface area (Å²) in [7, 11) is 0. The second-order valence-electron chi connectivity index (χ2n) is 8.16. The minimum Gasteiger partial charge on any atom is -0.394 e. The maximum atomic E-state index is 12.9. The molecule has 0 unspecified atom stereocenters. The Balaban J connectivity index is 1.58. The molecule has 2 saturated heterocycles. The predicted molar refractivity (Wildman–Crippen MR) is 112 cm³/mol. The highest BCUT2D eigenvalue weighted by Gasteiger charge is 2.33. The topological polar surface area (TPSA) is 111 Å². The van der Waals surface area contributed by atoms with E-state index in [9.17, 15) is 9.90 Å². The van der Waals surface area contributed by atoms with Crippen molar-refractivity contribution in [3.8, 4) is 0 Å². The van der Waals surface area contributed by atoms with Crippen LogP contribution in [0.3, 0.4) is 0 Å². The molecule has 9 heteroatoms. The van der Waals surface area contributed by atoms with Crippen LogP contribution in [0.1, 0.15) is 38.2 Å². The number of amides is 1. The molecule has 2 fully saturated rings. The van der Waals surface area contributed by atoms with Gasteiger partial charge in [-0.3, -0.25) is 4.79 Å². The van der Waals surface area contributed by atoms with Crippen molar-refractivity contribution in [2.24, 2.45) is 0 Å². The molecule has 1 amide bonds. The van der Waals surface area contributed by atoms with Gasteiger partial charge in [0.25, 0.3) is 0 Å². The number of aryl methyl sites for hydroxylation is 1. The zero-order valence-corrected chi connectivity index (χ0v) is 17.5. The third-order valence-corrected chi connectivity index (χ3v) is 6.12. The van der Waals surface area contributed by atoms with Crippen molar-refractivity contribution in [2.75, 3.05) is 38.4 Å². The predicted octanol–water partition coefficient (Wildman–Crippen LogP) is 1.24. The van der Waals surface area contributed by atoms with E-state index in [4.69, 9.17) is 9.47 Å². The quantitative estimate of drug-likeness (QED) is 0.622. The second kappa shape index (κ2) is 9.28. The van der Waals surface area contributed by atoms with E-state index in [-0.39, 0.29) is 25.0 Å². The highest BCUT2D eigenvalue weighted by molar-refractivity contribution is 5.93. The van der Waals surface area contributed by atoms with Crippen LogP contribution in [-0.2, 0) is 27.2 Å². The van der Waals surface area contributed by atoms with Crippen LogP contribution in [-0.4, -0.2) is 70.4 Å². The SMILES string of the molecule is CCn1ncc2c(NC3CCOCC3)c(CC(=O)NC3(CO)CCOCC3)cnc21. The number of carbonyl (C=O) groups is 1. The number of carbonyl (C=O) groups excluding carboxylic acids is 1. The van der Waals surface area contributed by atoms with E-state index in [1.165, 1.54) is 0 Å². The number of anilines is 1. The highest BCUT2D eigenvalue weighted by atomic mass is 16.5. The van der Waals surface area contributed by atoms with Crippen molar-refractivity contribution in [1.82, 2.24) is 20.1 Å². The number of aliphatic hydroxyl groups excluding tert-OH is 1. The molecule has 0 radical (unpaired) electrons. The Morgan fingerprint density at radius 3 is 2.67 bits per heavy atom. The number of hydrogen-bond acceptors (Lipinski definition) is 7. The van der Waals surface area contributed by atoms with Gasteiger partial charge >= 0.3 is 0 Å². The zero-order valence-electron chi connectivity index (χ0n) is 17.5. The minimum absolute atomic E-state index is 0.0875. The van der Waals surface area contributed by atoms with Gasteiger partial charge in [0.2, 0.25) is 5.91 Å². The molecule has 164 valence electrons. The Bertz CT molecular complexity index is 872. The number of hydrogen-bond donors (Lipinski definition) is 3. The first-order chi connectivity index (χ1) is 14.6. The van der Waals surface area contributed by atoms with Crippen LogP contribution in [0.4, 0.5) is 5.69 Å². The van der Waals surface area contributed by atoms with Crippen molar-refractivity contribution < 1.29 is 19.4 Å². The van der Waals surface area contributed by atoms with Crippen LogP contribution < -0.4 is 10.6 Å². The summed E-state index contributed by atoms with van der Waals surface area (Å²) in [5, 5.41) is 22.0. The van der Waals surface area contributed by atoms with Crippen molar-refractivity contribution in [1.29, 1.82) is 0 Å². The first kappa shape index (κ1) is 21.0. The monoisotopic (exact) mass is 417 g/mol. The lowest BCUT2D eigenvalue weighted by Gasteiger charge is -2.36. The van der Waals surface area contributed by atoms with Crippen LogP contribution >= 0.6 is 0 Å². The summed E-state index contributed by atoms with van der Waals surface area (Å²) in [5.74, 6) is -0.120. The van der Waals surface area contributed by atoms with E-state index in [2.05, 4.69) is 20.7 Å². The molecule has 4 rings (SSSR count).